The number of nitrogens with zero attached hydrogens (tertiary/aromatic N) is 3. The summed E-state index contributed by atoms with van der Waals surface area (Å²) in [6.45, 7) is 5.03. The van der Waals surface area contributed by atoms with E-state index in [9.17, 15) is 14.3 Å². The number of halogens is 1. The molecule has 0 spiro atoms. The molecule has 6 heteroatoms. The van der Waals surface area contributed by atoms with Crippen LogP contribution in [-0.2, 0) is 27.2 Å². The van der Waals surface area contributed by atoms with Gasteiger partial charge in [0.25, 0.3) is 0 Å². The van der Waals surface area contributed by atoms with Crippen LogP contribution < -0.4 is 5.69 Å². The van der Waals surface area contributed by atoms with E-state index in [0.717, 1.165) is 28.6 Å². The zero-order valence-electron chi connectivity index (χ0n) is 16.9. The maximum atomic E-state index is 14.2. The maximum Gasteiger partial charge on any atom is 0.328 e. The third-order valence-corrected chi connectivity index (χ3v) is 5.63. The SMILES string of the molecule is CC[C@H](CO)N(Cc1cc2c(cc1C)n(C)c(=O)n2C)Cc1ccccc1F. The lowest BCUT2D eigenvalue weighted by Gasteiger charge is -2.30. The van der Waals surface area contributed by atoms with E-state index >= 15 is 0 Å². The number of aromatic nitrogens is 2. The Hall–Kier alpha value is -2.44. The molecular weight excluding hydrogens is 357 g/mol. The van der Waals surface area contributed by atoms with Crippen molar-refractivity contribution in [3.63, 3.8) is 0 Å². The molecule has 5 nitrogen and oxygen atoms in total. The van der Waals surface area contributed by atoms with Crippen molar-refractivity contribution in [3.8, 4) is 0 Å². The molecule has 3 aromatic rings. The van der Waals surface area contributed by atoms with Crippen LogP contribution >= 0.6 is 0 Å². The second-order valence-electron chi connectivity index (χ2n) is 7.41. The highest BCUT2D eigenvalue weighted by Crippen LogP contribution is 2.23. The minimum absolute atomic E-state index is 0.00999. The van der Waals surface area contributed by atoms with E-state index in [-0.39, 0.29) is 24.2 Å². The largest absolute Gasteiger partial charge is 0.395 e. The fourth-order valence-corrected chi connectivity index (χ4v) is 3.74. The topological polar surface area (TPSA) is 50.4 Å². The molecule has 0 unspecified atom stereocenters. The second-order valence-corrected chi connectivity index (χ2v) is 7.41. The van der Waals surface area contributed by atoms with Crippen molar-refractivity contribution in [2.75, 3.05) is 6.61 Å². The van der Waals surface area contributed by atoms with Gasteiger partial charge in [-0.25, -0.2) is 9.18 Å². The molecule has 150 valence electrons. The summed E-state index contributed by atoms with van der Waals surface area (Å²) in [6, 6.07) is 10.7. The first-order chi connectivity index (χ1) is 13.4. The van der Waals surface area contributed by atoms with Crippen LogP contribution in [0.15, 0.2) is 41.2 Å². The lowest BCUT2D eigenvalue weighted by Crippen LogP contribution is -2.37. The van der Waals surface area contributed by atoms with Gasteiger partial charge in [-0.3, -0.25) is 14.0 Å². The molecule has 1 N–H and O–H groups in total. The van der Waals surface area contributed by atoms with E-state index in [1.807, 2.05) is 32.0 Å². The number of rotatable bonds is 7. The molecule has 2 aromatic carbocycles. The summed E-state index contributed by atoms with van der Waals surface area (Å²) in [5, 5.41) is 9.86. The molecule has 0 radical (unpaired) electrons. The van der Waals surface area contributed by atoms with Gasteiger partial charge < -0.3 is 5.11 Å². The molecule has 1 heterocycles. The summed E-state index contributed by atoms with van der Waals surface area (Å²) in [4.78, 5) is 14.4. The van der Waals surface area contributed by atoms with Crippen LogP contribution in [0.3, 0.4) is 0 Å². The summed E-state index contributed by atoms with van der Waals surface area (Å²) >= 11 is 0. The standard InChI is InChI=1S/C22H28FN3O2/c1-5-18(14-27)26(12-16-8-6-7-9-19(16)23)13-17-11-21-20(10-15(17)2)24(3)22(28)25(21)4/h6-11,18,27H,5,12-14H2,1-4H3/t18-/m1/s1. The summed E-state index contributed by atoms with van der Waals surface area (Å²) in [5.74, 6) is -0.238. The van der Waals surface area contributed by atoms with Crippen molar-refractivity contribution in [1.82, 2.24) is 14.0 Å². The van der Waals surface area contributed by atoms with Crippen LogP contribution in [0.5, 0.6) is 0 Å². The Morgan fingerprint density at radius 2 is 1.68 bits per heavy atom. The van der Waals surface area contributed by atoms with Crippen LogP contribution in [0.4, 0.5) is 4.39 Å². The lowest BCUT2D eigenvalue weighted by molar-refractivity contribution is 0.105. The number of imidazole rings is 1. The Kier molecular flexibility index (Phi) is 6.01. The van der Waals surface area contributed by atoms with E-state index in [1.54, 1.807) is 35.4 Å². The predicted octanol–water partition coefficient (Wildman–Crippen LogP) is 3.10. The van der Waals surface area contributed by atoms with Gasteiger partial charge in [0.05, 0.1) is 17.6 Å². The maximum absolute atomic E-state index is 14.2. The van der Waals surface area contributed by atoms with Crippen LogP contribution in [-0.4, -0.2) is 31.8 Å². The monoisotopic (exact) mass is 385 g/mol. The fourth-order valence-electron chi connectivity index (χ4n) is 3.74. The van der Waals surface area contributed by atoms with Gasteiger partial charge in [0.1, 0.15) is 5.82 Å². The minimum atomic E-state index is -0.238. The molecule has 0 fully saturated rings. The molecule has 0 bridgehead atoms. The van der Waals surface area contributed by atoms with Gasteiger partial charge in [-0.1, -0.05) is 25.1 Å². The van der Waals surface area contributed by atoms with Crippen LogP contribution in [0, 0.1) is 12.7 Å². The Labute approximate surface area is 164 Å². The highest BCUT2D eigenvalue weighted by Gasteiger charge is 2.20. The quantitative estimate of drug-likeness (QED) is 0.680. The van der Waals surface area contributed by atoms with Gasteiger partial charge >= 0.3 is 5.69 Å². The molecule has 0 saturated carbocycles. The summed E-state index contributed by atoms with van der Waals surface area (Å²) in [5.41, 5.74) is 4.45. The zero-order valence-corrected chi connectivity index (χ0v) is 16.9. The minimum Gasteiger partial charge on any atom is -0.395 e. The average molecular weight is 385 g/mol. The highest BCUT2D eigenvalue weighted by molar-refractivity contribution is 5.78. The molecule has 0 aliphatic heterocycles. The first-order valence-corrected chi connectivity index (χ1v) is 9.60. The first-order valence-electron chi connectivity index (χ1n) is 9.60. The summed E-state index contributed by atoms with van der Waals surface area (Å²) < 4.78 is 17.5. The normalized spacial score (nSPS) is 12.8. The van der Waals surface area contributed by atoms with E-state index in [0.29, 0.717) is 18.7 Å². The van der Waals surface area contributed by atoms with Gasteiger partial charge in [-0.2, -0.15) is 0 Å². The predicted molar refractivity (Wildman–Crippen MR) is 110 cm³/mol. The number of hydrogen-bond acceptors (Lipinski definition) is 3. The molecule has 28 heavy (non-hydrogen) atoms. The van der Waals surface area contributed by atoms with Crippen LogP contribution in [0.25, 0.3) is 11.0 Å². The highest BCUT2D eigenvalue weighted by atomic mass is 19.1. The molecule has 0 aliphatic rings. The Morgan fingerprint density at radius 3 is 2.29 bits per heavy atom. The molecular formula is C22H28FN3O2. The number of aliphatic hydroxyl groups is 1. The van der Waals surface area contributed by atoms with E-state index < -0.39 is 0 Å². The summed E-state index contributed by atoms with van der Waals surface area (Å²) in [7, 11) is 3.54. The summed E-state index contributed by atoms with van der Waals surface area (Å²) in [6.07, 6.45) is 0.760. The average Bonchev–Trinajstić information content (AvgIpc) is 2.88. The third kappa shape index (κ3) is 3.75. The smallest absolute Gasteiger partial charge is 0.328 e. The lowest BCUT2D eigenvalue weighted by atomic mass is 10.0. The van der Waals surface area contributed by atoms with E-state index in [4.69, 9.17) is 0 Å². The zero-order chi connectivity index (χ0) is 20.4. The van der Waals surface area contributed by atoms with Crippen LogP contribution in [0.1, 0.15) is 30.0 Å². The van der Waals surface area contributed by atoms with Gasteiger partial charge in [0.15, 0.2) is 0 Å². The van der Waals surface area contributed by atoms with Gasteiger partial charge in [0.2, 0.25) is 0 Å². The molecule has 3 rings (SSSR count). The molecule has 0 amide bonds. The number of fused-ring (bicyclic) bond motifs is 1. The van der Waals surface area contributed by atoms with Gasteiger partial charge in [0, 0.05) is 38.8 Å². The van der Waals surface area contributed by atoms with E-state index in [1.165, 1.54) is 6.07 Å². The van der Waals surface area contributed by atoms with Crippen molar-refractivity contribution >= 4 is 11.0 Å². The number of aryl methyl sites for hydroxylation is 3. The van der Waals surface area contributed by atoms with Gasteiger partial charge in [-0.05, 0) is 42.7 Å². The third-order valence-electron chi connectivity index (χ3n) is 5.63. The number of aliphatic hydroxyl groups excluding tert-OH is 1. The first kappa shape index (κ1) is 20.3. The van der Waals surface area contributed by atoms with Crippen molar-refractivity contribution in [3.05, 3.63) is 69.4 Å². The number of hydrogen-bond donors (Lipinski definition) is 1. The van der Waals surface area contributed by atoms with E-state index in [2.05, 4.69) is 4.90 Å². The Morgan fingerprint density at radius 1 is 1.07 bits per heavy atom. The van der Waals surface area contributed by atoms with Crippen molar-refractivity contribution in [2.24, 2.45) is 14.1 Å². The number of benzene rings is 2. The van der Waals surface area contributed by atoms with Crippen LogP contribution in [0.2, 0.25) is 0 Å². The Balaban J connectivity index is 2.00. The van der Waals surface area contributed by atoms with Crippen molar-refractivity contribution < 1.29 is 9.50 Å². The molecule has 1 atom stereocenters. The molecule has 0 saturated heterocycles. The Bertz CT molecular complexity index is 1030. The molecule has 1 aromatic heterocycles. The van der Waals surface area contributed by atoms with Crippen molar-refractivity contribution in [2.45, 2.75) is 39.4 Å². The van der Waals surface area contributed by atoms with Crippen molar-refractivity contribution in [1.29, 1.82) is 0 Å². The second kappa shape index (κ2) is 8.29. The molecule has 0 aliphatic carbocycles. The van der Waals surface area contributed by atoms with Gasteiger partial charge in [-0.15, -0.1) is 0 Å². The fraction of sp³-hybridized carbons (Fsp3) is 0.409.